The lowest BCUT2D eigenvalue weighted by Gasteiger charge is -2.42. The van der Waals surface area contributed by atoms with E-state index in [1.807, 2.05) is 42.4 Å². The van der Waals surface area contributed by atoms with E-state index in [-0.39, 0.29) is 5.91 Å². The van der Waals surface area contributed by atoms with Crippen LogP contribution in [0.4, 0.5) is 5.69 Å². The van der Waals surface area contributed by atoms with E-state index in [9.17, 15) is 4.79 Å². The molecule has 160 valence electrons. The Hall–Kier alpha value is -2.38. The Bertz CT molecular complexity index is 887. The molecule has 2 aliphatic rings. The summed E-state index contributed by atoms with van der Waals surface area (Å²) in [6.07, 6.45) is 5.79. The maximum Gasteiger partial charge on any atom is 0.253 e. The highest BCUT2D eigenvalue weighted by atomic mass is 79.9. The topological polar surface area (TPSA) is 42.4 Å². The molecule has 0 radical (unpaired) electrons. The summed E-state index contributed by atoms with van der Waals surface area (Å²) in [5.41, 5.74) is 3.94. The van der Waals surface area contributed by atoms with E-state index in [4.69, 9.17) is 0 Å². The van der Waals surface area contributed by atoms with Crippen molar-refractivity contribution in [3.05, 3.63) is 64.3 Å². The van der Waals surface area contributed by atoms with Gasteiger partial charge in [0, 0.05) is 75.3 Å². The molecule has 0 spiro atoms. The second kappa shape index (κ2) is 9.62. The van der Waals surface area contributed by atoms with Gasteiger partial charge >= 0.3 is 0 Å². The standard InChI is InChI=1S/C23H30BrN5O/c1-17-14-21(27(5)25-11-10-22(17)24)16-28-12-13-29(15-18(28)2)20-8-6-19(7-9-20)23(30)26(3)4/h6-11,14,18H,1,12-13,15-16H2,2-5H3/b21-14-,22-10+,25-11-. The lowest BCUT2D eigenvalue weighted by atomic mass is 10.1. The van der Waals surface area contributed by atoms with Crippen LogP contribution in [-0.4, -0.2) is 80.3 Å². The first kappa shape index (κ1) is 22.3. The minimum atomic E-state index is 0.0297. The normalized spacial score (nSPS) is 25.0. The number of likely N-dealkylation sites (N-methyl/N-ethyl adjacent to an activating group) is 1. The van der Waals surface area contributed by atoms with E-state index in [1.165, 1.54) is 0 Å². The van der Waals surface area contributed by atoms with Gasteiger partial charge in [-0.05, 0) is 48.9 Å². The number of halogens is 1. The predicted octanol–water partition coefficient (Wildman–Crippen LogP) is 3.55. The van der Waals surface area contributed by atoms with Gasteiger partial charge < -0.3 is 9.80 Å². The van der Waals surface area contributed by atoms with Gasteiger partial charge in [0.15, 0.2) is 0 Å². The fourth-order valence-electron chi connectivity index (χ4n) is 3.64. The monoisotopic (exact) mass is 471 g/mol. The molecule has 0 aromatic heterocycles. The zero-order valence-corrected chi connectivity index (χ0v) is 19.8. The molecule has 1 fully saturated rings. The van der Waals surface area contributed by atoms with Crippen molar-refractivity contribution in [3.63, 3.8) is 0 Å². The minimum Gasteiger partial charge on any atom is -0.369 e. The first-order valence-electron chi connectivity index (χ1n) is 10.1. The van der Waals surface area contributed by atoms with E-state index in [2.05, 4.69) is 50.4 Å². The van der Waals surface area contributed by atoms with Crippen molar-refractivity contribution in [2.45, 2.75) is 13.0 Å². The number of hydrogen-bond donors (Lipinski definition) is 0. The third kappa shape index (κ3) is 5.21. The molecular formula is C23H30BrN5O. The molecule has 2 aliphatic heterocycles. The summed E-state index contributed by atoms with van der Waals surface area (Å²) in [6, 6.07) is 8.31. The molecular weight excluding hydrogens is 442 g/mol. The number of carbonyl (C=O) groups excluding carboxylic acids is 1. The van der Waals surface area contributed by atoms with Gasteiger partial charge in [-0.3, -0.25) is 14.7 Å². The third-order valence-electron chi connectivity index (χ3n) is 5.54. The number of piperazine rings is 1. The fourth-order valence-corrected chi connectivity index (χ4v) is 3.87. The number of rotatable bonds is 4. The van der Waals surface area contributed by atoms with Gasteiger partial charge in [0.25, 0.3) is 5.91 Å². The highest BCUT2D eigenvalue weighted by Gasteiger charge is 2.25. The van der Waals surface area contributed by atoms with Crippen molar-refractivity contribution in [1.82, 2.24) is 14.8 Å². The Kier molecular flexibility index (Phi) is 7.15. The molecule has 1 aromatic rings. The second-order valence-corrected chi connectivity index (χ2v) is 8.83. The van der Waals surface area contributed by atoms with E-state index < -0.39 is 0 Å². The molecule has 1 amide bonds. The second-order valence-electron chi connectivity index (χ2n) is 7.98. The van der Waals surface area contributed by atoms with Gasteiger partial charge in [-0.15, -0.1) is 0 Å². The first-order chi connectivity index (χ1) is 14.3. The van der Waals surface area contributed by atoms with Gasteiger partial charge in [0.05, 0.1) is 5.70 Å². The molecule has 7 heteroatoms. The van der Waals surface area contributed by atoms with Gasteiger partial charge in [-0.1, -0.05) is 22.5 Å². The lowest BCUT2D eigenvalue weighted by Crippen LogP contribution is -2.53. The van der Waals surface area contributed by atoms with E-state index in [0.717, 1.165) is 53.2 Å². The molecule has 1 atom stereocenters. The molecule has 2 heterocycles. The zero-order chi connectivity index (χ0) is 21.8. The van der Waals surface area contributed by atoms with Crippen molar-refractivity contribution in [2.75, 3.05) is 52.2 Å². The number of hydrazone groups is 1. The van der Waals surface area contributed by atoms with Crippen LogP contribution in [0.5, 0.6) is 0 Å². The highest BCUT2D eigenvalue weighted by molar-refractivity contribution is 9.12. The van der Waals surface area contributed by atoms with E-state index >= 15 is 0 Å². The minimum absolute atomic E-state index is 0.0297. The number of nitrogens with zero attached hydrogens (tertiary/aromatic N) is 5. The quantitative estimate of drug-likeness (QED) is 0.673. The van der Waals surface area contributed by atoms with Crippen LogP contribution in [0.3, 0.4) is 0 Å². The average molecular weight is 472 g/mol. The Balaban J connectivity index is 1.65. The van der Waals surface area contributed by atoms with Gasteiger partial charge in [0.2, 0.25) is 0 Å². The van der Waals surface area contributed by atoms with Gasteiger partial charge in [-0.2, -0.15) is 5.10 Å². The number of allylic oxidation sites excluding steroid dienone is 4. The van der Waals surface area contributed by atoms with Crippen LogP contribution in [0.15, 0.2) is 63.9 Å². The number of carbonyl (C=O) groups is 1. The summed E-state index contributed by atoms with van der Waals surface area (Å²) < 4.78 is 0.950. The molecule has 0 aliphatic carbocycles. The van der Waals surface area contributed by atoms with Crippen molar-refractivity contribution in [3.8, 4) is 0 Å². The van der Waals surface area contributed by atoms with Crippen LogP contribution in [0.1, 0.15) is 17.3 Å². The van der Waals surface area contributed by atoms with Crippen molar-refractivity contribution in [1.29, 1.82) is 0 Å². The Morgan fingerprint density at radius 1 is 1.27 bits per heavy atom. The molecule has 0 N–H and O–H groups in total. The predicted molar refractivity (Wildman–Crippen MR) is 128 cm³/mol. The summed E-state index contributed by atoms with van der Waals surface area (Å²) >= 11 is 3.54. The Morgan fingerprint density at radius 2 is 1.97 bits per heavy atom. The largest absolute Gasteiger partial charge is 0.369 e. The number of hydrogen-bond acceptors (Lipinski definition) is 5. The van der Waals surface area contributed by atoms with Crippen molar-refractivity contribution in [2.24, 2.45) is 5.10 Å². The molecule has 30 heavy (non-hydrogen) atoms. The van der Waals surface area contributed by atoms with Crippen LogP contribution in [0, 0.1) is 0 Å². The van der Waals surface area contributed by atoms with E-state index in [1.54, 1.807) is 25.2 Å². The molecule has 6 nitrogen and oxygen atoms in total. The van der Waals surface area contributed by atoms with Crippen LogP contribution < -0.4 is 4.90 Å². The average Bonchev–Trinajstić information content (AvgIpc) is 2.73. The SMILES string of the molecule is C=C1/C=C(/CN2CCN(c3ccc(C(=O)N(C)C)cc3)CC2C)N(C)/N=C\C=C/1Br. The Labute approximate surface area is 187 Å². The summed E-state index contributed by atoms with van der Waals surface area (Å²) in [5, 5.41) is 6.38. The lowest BCUT2D eigenvalue weighted by molar-refractivity contribution is 0.0827. The first-order valence-corrected chi connectivity index (χ1v) is 10.9. The molecule has 0 bridgehead atoms. The molecule has 1 saturated heterocycles. The number of amides is 1. The molecule has 3 rings (SSSR count). The van der Waals surface area contributed by atoms with Gasteiger partial charge in [0.1, 0.15) is 0 Å². The molecule has 1 aromatic carbocycles. The smallest absolute Gasteiger partial charge is 0.253 e. The van der Waals surface area contributed by atoms with Crippen LogP contribution >= 0.6 is 15.9 Å². The fraction of sp³-hybridized carbons (Fsp3) is 0.391. The van der Waals surface area contributed by atoms with Crippen LogP contribution in [0.25, 0.3) is 0 Å². The summed E-state index contributed by atoms with van der Waals surface area (Å²) in [6.45, 7) is 10.1. The van der Waals surface area contributed by atoms with Gasteiger partial charge in [-0.25, -0.2) is 0 Å². The summed E-state index contributed by atoms with van der Waals surface area (Å²) in [4.78, 5) is 18.6. The number of anilines is 1. The summed E-state index contributed by atoms with van der Waals surface area (Å²) in [7, 11) is 5.52. The van der Waals surface area contributed by atoms with Crippen LogP contribution in [0.2, 0.25) is 0 Å². The highest BCUT2D eigenvalue weighted by Crippen LogP contribution is 2.24. The third-order valence-corrected chi connectivity index (χ3v) is 6.31. The van der Waals surface area contributed by atoms with E-state index in [0.29, 0.717) is 6.04 Å². The number of benzene rings is 1. The Morgan fingerprint density at radius 3 is 2.60 bits per heavy atom. The maximum atomic E-state index is 12.1. The molecule has 0 saturated carbocycles. The van der Waals surface area contributed by atoms with Crippen LogP contribution in [-0.2, 0) is 0 Å². The van der Waals surface area contributed by atoms with Crippen molar-refractivity contribution >= 4 is 33.7 Å². The zero-order valence-electron chi connectivity index (χ0n) is 18.2. The maximum absolute atomic E-state index is 12.1. The van der Waals surface area contributed by atoms with Crippen molar-refractivity contribution < 1.29 is 4.79 Å². The summed E-state index contributed by atoms with van der Waals surface area (Å²) in [5.74, 6) is 0.0297. The molecule has 1 unspecified atom stereocenters.